The van der Waals surface area contributed by atoms with Crippen LogP contribution >= 0.6 is 0 Å². The SMILES string of the molecule is c1ccc(-n2c3ccccc3c3cc4cc(-c5ccc(-c6ccc7c8c(cccc68)-c6ccccc6O7)cc5)ccc4cc32)cc1. The molecule has 0 unspecified atom stereocenters. The Morgan fingerprint density at radius 1 is 0.370 bits per heavy atom. The first kappa shape index (κ1) is 25.2. The van der Waals surface area contributed by atoms with E-state index in [0.29, 0.717) is 0 Å². The molecule has 1 aliphatic heterocycles. The van der Waals surface area contributed by atoms with Gasteiger partial charge in [-0.2, -0.15) is 0 Å². The monoisotopic (exact) mass is 585 g/mol. The van der Waals surface area contributed by atoms with Crippen LogP contribution in [0.25, 0.3) is 82.4 Å². The van der Waals surface area contributed by atoms with E-state index in [9.17, 15) is 0 Å². The van der Waals surface area contributed by atoms with Crippen LogP contribution in [0.5, 0.6) is 11.5 Å². The second-order valence-corrected chi connectivity index (χ2v) is 12.1. The zero-order chi connectivity index (χ0) is 30.2. The van der Waals surface area contributed by atoms with Crippen molar-refractivity contribution in [1.29, 1.82) is 0 Å². The maximum Gasteiger partial charge on any atom is 0.135 e. The summed E-state index contributed by atoms with van der Waals surface area (Å²) in [6.07, 6.45) is 0. The first-order valence-corrected chi connectivity index (χ1v) is 15.8. The van der Waals surface area contributed by atoms with Crippen LogP contribution in [0.3, 0.4) is 0 Å². The van der Waals surface area contributed by atoms with Gasteiger partial charge >= 0.3 is 0 Å². The molecule has 0 fully saturated rings. The number of hydrogen-bond acceptors (Lipinski definition) is 1. The van der Waals surface area contributed by atoms with Gasteiger partial charge in [-0.1, -0.05) is 115 Å². The first-order chi connectivity index (χ1) is 22.8. The molecule has 0 spiro atoms. The van der Waals surface area contributed by atoms with Gasteiger partial charge in [-0.3, -0.25) is 0 Å². The predicted octanol–water partition coefficient (Wildman–Crippen LogP) is 12.2. The molecule has 9 aromatic rings. The molecule has 2 heterocycles. The first-order valence-electron chi connectivity index (χ1n) is 15.8. The summed E-state index contributed by atoms with van der Waals surface area (Å²) >= 11 is 0. The number of fused-ring (bicyclic) bond motifs is 6. The van der Waals surface area contributed by atoms with Crippen molar-refractivity contribution in [3.05, 3.63) is 164 Å². The summed E-state index contributed by atoms with van der Waals surface area (Å²) in [6.45, 7) is 0. The molecular formula is C44H27NO. The van der Waals surface area contributed by atoms with Crippen LogP contribution in [-0.4, -0.2) is 4.57 Å². The van der Waals surface area contributed by atoms with Crippen LogP contribution in [0.2, 0.25) is 0 Å². The number of hydrogen-bond donors (Lipinski definition) is 0. The molecular weight excluding hydrogens is 558 g/mol. The Bertz CT molecular complexity index is 2650. The van der Waals surface area contributed by atoms with Crippen molar-refractivity contribution in [2.24, 2.45) is 0 Å². The molecule has 10 rings (SSSR count). The molecule has 1 aliphatic rings. The molecule has 0 amide bonds. The lowest BCUT2D eigenvalue weighted by Gasteiger charge is -2.22. The van der Waals surface area contributed by atoms with Crippen LogP contribution in [-0.2, 0) is 0 Å². The Hall–Kier alpha value is -6.12. The maximum absolute atomic E-state index is 6.33. The van der Waals surface area contributed by atoms with Crippen LogP contribution in [0.1, 0.15) is 0 Å². The zero-order valence-corrected chi connectivity index (χ0v) is 24.9. The number of ether oxygens (including phenoxy) is 1. The molecule has 2 heteroatoms. The van der Waals surface area contributed by atoms with Crippen molar-refractivity contribution in [1.82, 2.24) is 4.57 Å². The molecule has 8 aromatic carbocycles. The van der Waals surface area contributed by atoms with Gasteiger partial charge in [0.25, 0.3) is 0 Å². The van der Waals surface area contributed by atoms with Crippen LogP contribution in [0, 0.1) is 0 Å². The van der Waals surface area contributed by atoms with Gasteiger partial charge in [-0.15, -0.1) is 0 Å². The molecule has 2 nitrogen and oxygen atoms in total. The summed E-state index contributed by atoms with van der Waals surface area (Å²) in [4.78, 5) is 0. The molecule has 1 aromatic heterocycles. The van der Waals surface area contributed by atoms with Crippen LogP contribution < -0.4 is 4.74 Å². The highest BCUT2D eigenvalue weighted by Crippen LogP contribution is 2.48. The minimum Gasteiger partial charge on any atom is -0.456 e. The number of rotatable bonds is 3. The third-order valence-electron chi connectivity index (χ3n) is 9.57. The van der Waals surface area contributed by atoms with E-state index in [4.69, 9.17) is 4.74 Å². The number of aromatic nitrogens is 1. The Labute approximate surface area is 266 Å². The van der Waals surface area contributed by atoms with Gasteiger partial charge in [0, 0.05) is 27.4 Å². The second-order valence-electron chi connectivity index (χ2n) is 12.1. The minimum atomic E-state index is 0.915. The Balaban J connectivity index is 1.06. The second kappa shape index (κ2) is 9.69. The quantitative estimate of drug-likeness (QED) is 0.201. The van der Waals surface area contributed by atoms with Gasteiger partial charge in [-0.05, 0) is 92.5 Å². The number of nitrogens with zero attached hydrogens (tertiary/aromatic N) is 1. The zero-order valence-electron chi connectivity index (χ0n) is 24.9. The third-order valence-corrected chi connectivity index (χ3v) is 9.57. The van der Waals surface area contributed by atoms with Gasteiger partial charge in [0.15, 0.2) is 0 Å². The van der Waals surface area contributed by atoms with Crippen molar-refractivity contribution in [2.45, 2.75) is 0 Å². The van der Waals surface area contributed by atoms with Crippen LogP contribution in [0.15, 0.2) is 164 Å². The summed E-state index contributed by atoms with van der Waals surface area (Å²) in [6, 6.07) is 59.0. The highest BCUT2D eigenvalue weighted by molar-refractivity contribution is 6.14. The number of benzene rings is 8. The Morgan fingerprint density at radius 2 is 1.11 bits per heavy atom. The molecule has 0 bridgehead atoms. The van der Waals surface area contributed by atoms with E-state index < -0.39 is 0 Å². The lowest BCUT2D eigenvalue weighted by Crippen LogP contribution is -1.97. The van der Waals surface area contributed by atoms with Gasteiger partial charge in [0.05, 0.1) is 11.0 Å². The summed E-state index contributed by atoms with van der Waals surface area (Å²) < 4.78 is 8.70. The van der Waals surface area contributed by atoms with E-state index in [2.05, 4.69) is 156 Å². The van der Waals surface area contributed by atoms with Gasteiger partial charge in [0.2, 0.25) is 0 Å². The Kier molecular flexibility index (Phi) is 5.31. The van der Waals surface area contributed by atoms with E-state index in [1.165, 1.54) is 76.9 Å². The molecule has 0 aliphatic carbocycles. The highest BCUT2D eigenvalue weighted by atomic mass is 16.5. The fraction of sp³-hybridized carbons (Fsp3) is 0. The lowest BCUT2D eigenvalue weighted by molar-refractivity contribution is 0.487. The molecule has 214 valence electrons. The summed E-state index contributed by atoms with van der Waals surface area (Å²) in [5, 5.41) is 7.41. The molecule has 0 radical (unpaired) electrons. The molecule has 46 heavy (non-hydrogen) atoms. The van der Waals surface area contributed by atoms with Crippen molar-refractivity contribution >= 4 is 43.4 Å². The topological polar surface area (TPSA) is 14.2 Å². The predicted molar refractivity (Wildman–Crippen MR) is 192 cm³/mol. The van der Waals surface area contributed by atoms with E-state index in [0.717, 1.165) is 17.1 Å². The maximum atomic E-state index is 6.33. The average molecular weight is 586 g/mol. The van der Waals surface area contributed by atoms with Crippen molar-refractivity contribution in [2.75, 3.05) is 0 Å². The van der Waals surface area contributed by atoms with Crippen LogP contribution in [0.4, 0.5) is 0 Å². The fourth-order valence-electron chi connectivity index (χ4n) is 7.42. The number of para-hydroxylation sites is 3. The van der Waals surface area contributed by atoms with E-state index in [1.807, 2.05) is 12.1 Å². The highest BCUT2D eigenvalue weighted by Gasteiger charge is 2.21. The van der Waals surface area contributed by atoms with Gasteiger partial charge in [-0.25, -0.2) is 0 Å². The van der Waals surface area contributed by atoms with Crippen molar-refractivity contribution < 1.29 is 4.74 Å². The van der Waals surface area contributed by atoms with E-state index in [1.54, 1.807) is 0 Å². The minimum absolute atomic E-state index is 0.915. The molecule has 0 saturated carbocycles. The van der Waals surface area contributed by atoms with Crippen molar-refractivity contribution in [3.63, 3.8) is 0 Å². The molecule has 0 saturated heterocycles. The fourth-order valence-corrected chi connectivity index (χ4v) is 7.42. The smallest absolute Gasteiger partial charge is 0.135 e. The largest absolute Gasteiger partial charge is 0.456 e. The standard InChI is InChI=1S/C44H27NO/c1-2-9-33(10-3-1)45-40-15-6-4-11-35(40)39-26-32-25-30(21-22-31(32)27-41(39)45)28-17-19-29(20-18-28)34-23-24-43-44-37(34)13-8-14-38(44)36-12-5-7-16-42(36)46-43/h1-27H. The summed E-state index contributed by atoms with van der Waals surface area (Å²) in [5.74, 6) is 1.83. The third kappa shape index (κ3) is 3.71. The van der Waals surface area contributed by atoms with E-state index in [-0.39, 0.29) is 0 Å². The summed E-state index contributed by atoms with van der Waals surface area (Å²) in [7, 11) is 0. The average Bonchev–Trinajstić information content (AvgIpc) is 3.44. The van der Waals surface area contributed by atoms with E-state index >= 15 is 0 Å². The molecule has 0 atom stereocenters. The Morgan fingerprint density at radius 3 is 2.02 bits per heavy atom. The molecule has 0 N–H and O–H groups in total. The summed E-state index contributed by atoms with van der Waals surface area (Å²) in [5.41, 5.74) is 10.8. The van der Waals surface area contributed by atoms with Crippen molar-refractivity contribution in [3.8, 4) is 50.6 Å². The normalized spacial score (nSPS) is 12.1. The van der Waals surface area contributed by atoms with Gasteiger partial charge < -0.3 is 9.30 Å². The van der Waals surface area contributed by atoms with Gasteiger partial charge in [0.1, 0.15) is 11.5 Å². The lowest BCUT2D eigenvalue weighted by atomic mass is 9.90.